The zero-order valence-electron chi connectivity index (χ0n) is 8.43. The van der Waals surface area contributed by atoms with Gasteiger partial charge in [0.25, 0.3) is 0 Å². The number of aromatic nitrogens is 1. The van der Waals surface area contributed by atoms with E-state index in [4.69, 9.17) is 5.73 Å². The fourth-order valence-corrected chi connectivity index (χ4v) is 1.73. The number of aliphatic hydroxyl groups is 1. The second-order valence-corrected chi connectivity index (χ2v) is 3.51. The van der Waals surface area contributed by atoms with Crippen LogP contribution in [0.2, 0.25) is 0 Å². The second-order valence-electron chi connectivity index (χ2n) is 3.51. The van der Waals surface area contributed by atoms with Gasteiger partial charge >= 0.3 is 0 Å². The van der Waals surface area contributed by atoms with Crippen molar-refractivity contribution >= 4 is 10.9 Å². The Hall–Kier alpha value is -1.45. The number of rotatable bonds is 3. The van der Waals surface area contributed by atoms with Crippen molar-refractivity contribution < 1.29 is 5.11 Å². The largest absolute Gasteiger partial charge is 0.388 e. The highest BCUT2D eigenvalue weighted by atomic mass is 16.3. The summed E-state index contributed by atoms with van der Waals surface area (Å²) in [5.74, 6) is 0. The predicted molar refractivity (Wildman–Crippen MR) is 60.4 cm³/mol. The molecule has 1 atom stereocenters. The van der Waals surface area contributed by atoms with Gasteiger partial charge in [0.05, 0.1) is 11.6 Å². The molecule has 15 heavy (non-hydrogen) atoms. The van der Waals surface area contributed by atoms with Crippen LogP contribution in [0.1, 0.15) is 18.1 Å². The van der Waals surface area contributed by atoms with Crippen molar-refractivity contribution in [3.05, 3.63) is 42.1 Å². The summed E-state index contributed by atoms with van der Waals surface area (Å²) in [6.45, 7) is 0.484. The number of pyridine rings is 1. The van der Waals surface area contributed by atoms with Crippen LogP contribution in [0.15, 0.2) is 36.5 Å². The highest BCUT2D eigenvalue weighted by Gasteiger charge is 2.09. The van der Waals surface area contributed by atoms with Crippen molar-refractivity contribution in [2.75, 3.05) is 6.54 Å². The number of nitrogens with two attached hydrogens (primary N) is 1. The van der Waals surface area contributed by atoms with Crippen LogP contribution in [0.4, 0.5) is 0 Å². The van der Waals surface area contributed by atoms with Crippen molar-refractivity contribution in [1.29, 1.82) is 0 Å². The Morgan fingerprint density at radius 3 is 2.93 bits per heavy atom. The van der Waals surface area contributed by atoms with Gasteiger partial charge in [-0.3, -0.25) is 4.98 Å². The Morgan fingerprint density at radius 2 is 2.13 bits per heavy atom. The molecule has 0 saturated heterocycles. The summed E-state index contributed by atoms with van der Waals surface area (Å²) < 4.78 is 0. The zero-order chi connectivity index (χ0) is 10.7. The molecule has 1 aromatic heterocycles. The monoisotopic (exact) mass is 202 g/mol. The molecule has 0 fully saturated rings. The van der Waals surface area contributed by atoms with Crippen LogP contribution in [0.25, 0.3) is 10.9 Å². The normalized spacial score (nSPS) is 12.9. The molecule has 0 aliphatic carbocycles. The maximum absolute atomic E-state index is 9.91. The average molecular weight is 202 g/mol. The van der Waals surface area contributed by atoms with Crippen LogP contribution in [-0.4, -0.2) is 16.6 Å². The lowest BCUT2D eigenvalue weighted by molar-refractivity contribution is 0.172. The molecule has 0 radical (unpaired) electrons. The number of benzene rings is 1. The van der Waals surface area contributed by atoms with E-state index in [1.165, 1.54) is 0 Å². The minimum Gasteiger partial charge on any atom is -0.388 e. The van der Waals surface area contributed by atoms with E-state index < -0.39 is 6.10 Å². The molecule has 0 amide bonds. The lowest BCUT2D eigenvalue weighted by atomic mass is 10.0. The van der Waals surface area contributed by atoms with Crippen LogP contribution in [0.5, 0.6) is 0 Å². The van der Waals surface area contributed by atoms with Gasteiger partial charge in [-0.15, -0.1) is 0 Å². The van der Waals surface area contributed by atoms with Gasteiger partial charge in [0, 0.05) is 11.6 Å². The summed E-state index contributed by atoms with van der Waals surface area (Å²) in [7, 11) is 0. The third-order valence-electron chi connectivity index (χ3n) is 2.48. The highest BCUT2D eigenvalue weighted by molar-refractivity contribution is 5.82. The van der Waals surface area contributed by atoms with Gasteiger partial charge in [0.1, 0.15) is 0 Å². The Morgan fingerprint density at radius 1 is 1.27 bits per heavy atom. The number of aliphatic hydroxyl groups excluding tert-OH is 1. The third kappa shape index (κ3) is 1.98. The summed E-state index contributed by atoms with van der Waals surface area (Å²) in [6.07, 6.45) is 1.83. The van der Waals surface area contributed by atoms with E-state index in [9.17, 15) is 5.11 Å². The predicted octanol–water partition coefficient (Wildman–Crippen LogP) is 1.62. The average Bonchev–Trinajstić information content (AvgIpc) is 2.28. The molecule has 1 aromatic carbocycles. The molecule has 1 heterocycles. The van der Waals surface area contributed by atoms with Gasteiger partial charge in [0.2, 0.25) is 0 Å². The number of hydrogen-bond acceptors (Lipinski definition) is 3. The Bertz CT molecular complexity index is 451. The number of hydrogen-bond donors (Lipinski definition) is 2. The summed E-state index contributed by atoms with van der Waals surface area (Å²) in [6, 6.07) is 9.61. The van der Waals surface area contributed by atoms with Crippen LogP contribution >= 0.6 is 0 Å². The highest BCUT2D eigenvalue weighted by Crippen LogP contribution is 2.24. The third-order valence-corrected chi connectivity index (χ3v) is 2.48. The molecular weight excluding hydrogens is 188 g/mol. The summed E-state index contributed by atoms with van der Waals surface area (Å²) >= 11 is 0. The maximum Gasteiger partial charge on any atom is 0.0808 e. The molecule has 2 aromatic rings. The van der Waals surface area contributed by atoms with Crippen molar-refractivity contribution in [2.24, 2.45) is 5.73 Å². The first kappa shape index (κ1) is 10.1. The van der Waals surface area contributed by atoms with Gasteiger partial charge < -0.3 is 10.8 Å². The lowest BCUT2D eigenvalue weighted by Gasteiger charge is -2.11. The Labute approximate surface area is 88.6 Å². The molecule has 2 rings (SSSR count). The van der Waals surface area contributed by atoms with Crippen LogP contribution in [0, 0.1) is 0 Å². The summed E-state index contributed by atoms with van der Waals surface area (Å²) in [5.41, 5.74) is 7.25. The minimum atomic E-state index is -0.497. The van der Waals surface area contributed by atoms with E-state index in [-0.39, 0.29) is 0 Å². The van der Waals surface area contributed by atoms with Crippen molar-refractivity contribution in [3.63, 3.8) is 0 Å². The molecule has 3 nitrogen and oxygen atoms in total. The maximum atomic E-state index is 9.91. The fraction of sp³-hybridized carbons (Fsp3) is 0.250. The fourth-order valence-electron chi connectivity index (χ4n) is 1.73. The van der Waals surface area contributed by atoms with Gasteiger partial charge in [-0.05, 0) is 30.7 Å². The first-order valence-electron chi connectivity index (χ1n) is 5.04. The first-order chi connectivity index (χ1) is 7.33. The molecule has 0 aliphatic heterocycles. The smallest absolute Gasteiger partial charge is 0.0808 e. The van der Waals surface area contributed by atoms with Crippen LogP contribution < -0.4 is 5.73 Å². The lowest BCUT2D eigenvalue weighted by Crippen LogP contribution is -2.07. The van der Waals surface area contributed by atoms with Gasteiger partial charge in [-0.1, -0.05) is 18.2 Å². The molecular formula is C12H14N2O. The van der Waals surface area contributed by atoms with E-state index in [0.717, 1.165) is 16.5 Å². The zero-order valence-corrected chi connectivity index (χ0v) is 8.43. The molecule has 0 aliphatic rings. The van der Waals surface area contributed by atoms with E-state index in [2.05, 4.69) is 4.98 Å². The summed E-state index contributed by atoms with van der Waals surface area (Å²) in [5, 5.41) is 10.9. The van der Waals surface area contributed by atoms with Crippen molar-refractivity contribution in [1.82, 2.24) is 4.98 Å². The number of fused-ring (bicyclic) bond motifs is 1. The SMILES string of the molecule is NCCC(O)c1cccc2ncccc12. The minimum absolute atomic E-state index is 0.484. The molecule has 78 valence electrons. The number of nitrogens with zero attached hydrogens (tertiary/aromatic N) is 1. The Balaban J connectivity index is 2.50. The molecule has 3 heteroatoms. The van der Waals surface area contributed by atoms with E-state index >= 15 is 0 Å². The second kappa shape index (κ2) is 4.38. The van der Waals surface area contributed by atoms with E-state index in [1.54, 1.807) is 6.20 Å². The Kier molecular flexibility index (Phi) is 2.94. The molecule has 0 spiro atoms. The van der Waals surface area contributed by atoms with Crippen molar-refractivity contribution in [2.45, 2.75) is 12.5 Å². The van der Waals surface area contributed by atoms with Gasteiger partial charge in [0.15, 0.2) is 0 Å². The van der Waals surface area contributed by atoms with Crippen molar-refractivity contribution in [3.8, 4) is 0 Å². The first-order valence-corrected chi connectivity index (χ1v) is 5.04. The van der Waals surface area contributed by atoms with Gasteiger partial charge in [-0.25, -0.2) is 0 Å². The van der Waals surface area contributed by atoms with Gasteiger partial charge in [-0.2, -0.15) is 0 Å². The van der Waals surface area contributed by atoms with Crippen LogP contribution in [0.3, 0.4) is 0 Å². The standard InChI is InChI=1S/C12H14N2O/c13-7-6-12(15)10-3-1-5-11-9(10)4-2-8-14-11/h1-5,8,12,15H,6-7,13H2. The molecule has 1 unspecified atom stereocenters. The molecule has 3 N–H and O–H groups in total. The van der Waals surface area contributed by atoms with E-state index in [0.29, 0.717) is 13.0 Å². The molecule has 0 saturated carbocycles. The summed E-state index contributed by atoms with van der Waals surface area (Å²) in [4.78, 5) is 4.24. The van der Waals surface area contributed by atoms with Crippen LogP contribution in [-0.2, 0) is 0 Å². The molecule has 0 bridgehead atoms. The quantitative estimate of drug-likeness (QED) is 0.795. The topological polar surface area (TPSA) is 59.1 Å². The van der Waals surface area contributed by atoms with E-state index in [1.807, 2.05) is 30.3 Å².